The molecule has 2 heteroatoms. The predicted molar refractivity (Wildman–Crippen MR) is 47.9 cm³/mol. The Labute approximate surface area is 73.6 Å². The first kappa shape index (κ1) is 8.00. The van der Waals surface area contributed by atoms with E-state index in [1.807, 2.05) is 0 Å². The highest BCUT2D eigenvalue weighted by molar-refractivity contribution is 5.89. The maximum absolute atomic E-state index is 8.87. The molecule has 2 fully saturated rings. The van der Waals surface area contributed by atoms with E-state index in [1.54, 1.807) is 0 Å². The van der Waals surface area contributed by atoms with Gasteiger partial charge in [-0.15, -0.1) is 0 Å². The summed E-state index contributed by atoms with van der Waals surface area (Å²) in [6.07, 6.45) is 3.52. The minimum Gasteiger partial charge on any atom is -0.362 e. The lowest BCUT2D eigenvalue weighted by atomic mass is 9.70. The van der Waals surface area contributed by atoms with Gasteiger partial charge < -0.3 is 5.53 Å². The van der Waals surface area contributed by atoms with Crippen molar-refractivity contribution in [2.45, 2.75) is 40.0 Å². The molecule has 0 radical (unpaired) electrons. The Kier molecular flexibility index (Phi) is 1.33. The van der Waals surface area contributed by atoms with E-state index in [2.05, 4.69) is 25.6 Å². The average Bonchev–Trinajstić information content (AvgIpc) is 2.34. The van der Waals surface area contributed by atoms with E-state index < -0.39 is 0 Å². The summed E-state index contributed by atoms with van der Waals surface area (Å²) in [4.78, 5) is 3.45. The van der Waals surface area contributed by atoms with Crippen LogP contribution in [0.4, 0.5) is 0 Å². The van der Waals surface area contributed by atoms with Crippen LogP contribution >= 0.6 is 0 Å². The third-order valence-electron chi connectivity index (χ3n) is 4.63. The van der Waals surface area contributed by atoms with E-state index in [4.69, 9.17) is 5.53 Å². The van der Waals surface area contributed by atoms with Gasteiger partial charge in [0.1, 0.15) is 0 Å². The molecule has 0 N–H and O–H groups in total. The van der Waals surface area contributed by atoms with Crippen molar-refractivity contribution in [1.82, 2.24) is 0 Å². The highest BCUT2D eigenvalue weighted by atomic mass is 14.9. The van der Waals surface area contributed by atoms with Gasteiger partial charge in [-0.1, -0.05) is 13.8 Å². The molecule has 0 aromatic heterocycles. The second-order valence-corrected chi connectivity index (χ2v) is 5.04. The molecule has 2 atom stereocenters. The molecule has 2 bridgehead atoms. The van der Waals surface area contributed by atoms with Crippen molar-refractivity contribution in [1.29, 1.82) is 0 Å². The van der Waals surface area contributed by atoms with Crippen molar-refractivity contribution < 1.29 is 4.79 Å². The highest BCUT2D eigenvalue weighted by Crippen LogP contribution is 2.63. The van der Waals surface area contributed by atoms with Gasteiger partial charge in [-0.3, -0.25) is 0 Å². The summed E-state index contributed by atoms with van der Waals surface area (Å²) in [5, 5.41) is 0. The van der Waals surface area contributed by atoms with Gasteiger partial charge in [0, 0.05) is 6.42 Å². The van der Waals surface area contributed by atoms with Crippen LogP contribution < -0.4 is 0 Å². The molecule has 12 heavy (non-hydrogen) atoms. The van der Waals surface area contributed by atoms with Crippen molar-refractivity contribution >= 4 is 5.71 Å². The van der Waals surface area contributed by atoms with E-state index in [-0.39, 0.29) is 5.41 Å². The number of rotatable bonds is 0. The number of hydrogen-bond donors (Lipinski definition) is 0. The SMILES string of the molecule is CC1(C)C2CC[C@@]1(C)C(=[N+]=[N-])C2. The smallest absolute Gasteiger partial charge is 0.275 e. The Bertz CT molecular complexity index is 274. The molecule has 0 aromatic carbocycles. The summed E-state index contributed by atoms with van der Waals surface area (Å²) in [6, 6.07) is 0. The Balaban J connectivity index is 2.53. The maximum Gasteiger partial charge on any atom is 0.275 e. The predicted octanol–water partition coefficient (Wildman–Crippen LogP) is 2.50. The topological polar surface area (TPSA) is 36.4 Å². The van der Waals surface area contributed by atoms with Crippen LogP contribution in [0.25, 0.3) is 5.53 Å². The van der Waals surface area contributed by atoms with Gasteiger partial charge >= 0.3 is 0 Å². The zero-order chi connectivity index (χ0) is 8.98. The minimum absolute atomic E-state index is 0.173. The number of nitrogens with zero attached hydrogens (tertiary/aromatic N) is 2. The fraction of sp³-hybridized carbons (Fsp3) is 0.900. The monoisotopic (exact) mass is 164 g/mol. The van der Waals surface area contributed by atoms with Crippen LogP contribution in [0.3, 0.4) is 0 Å². The molecule has 2 nitrogen and oxygen atoms in total. The third-order valence-corrected chi connectivity index (χ3v) is 4.63. The summed E-state index contributed by atoms with van der Waals surface area (Å²) < 4.78 is 0. The van der Waals surface area contributed by atoms with E-state index in [0.717, 1.165) is 18.1 Å². The van der Waals surface area contributed by atoms with Gasteiger partial charge in [0.15, 0.2) is 0 Å². The second-order valence-electron chi connectivity index (χ2n) is 5.04. The summed E-state index contributed by atoms with van der Waals surface area (Å²) in [5.41, 5.74) is 10.4. The minimum atomic E-state index is 0.173. The van der Waals surface area contributed by atoms with Crippen LogP contribution in [-0.2, 0) is 0 Å². The Hall–Kier alpha value is -0.620. The molecule has 66 valence electrons. The summed E-state index contributed by atoms with van der Waals surface area (Å²) in [5.74, 6) is 0.744. The van der Waals surface area contributed by atoms with Crippen LogP contribution in [-0.4, -0.2) is 10.5 Å². The van der Waals surface area contributed by atoms with Gasteiger partial charge in [-0.2, -0.15) is 4.79 Å². The highest BCUT2D eigenvalue weighted by Gasteiger charge is 2.64. The van der Waals surface area contributed by atoms with E-state index in [9.17, 15) is 0 Å². The first-order valence-electron chi connectivity index (χ1n) is 4.74. The largest absolute Gasteiger partial charge is 0.362 e. The fourth-order valence-corrected chi connectivity index (χ4v) is 3.08. The zero-order valence-electron chi connectivity index (χ0n) is 8.09. The Morgan fingerprint density at radius 3 is 2.33 bits per heavy atom. The molecule has 0 amide bonds. The molecular formula is C10H16N2. The van der Waals surface area contributed by atoms with E-state index >= 15 is 0 Å². The van der Waals surface area contributed by atoms with Crippen molar-refractivity contribution in [2.24, 2.45) is 16.7 Å². The molecule has 0 spiro atoms. The van der Waals surface area contributed by atoms with Crippen LogP contribution in [0, 0.1) is 16.7 Å². The van der Waals surface area contributed by atoms with Crippen molar-refractivity contribution in [3.8, 4) is 0 Å². The summed E-state index contributed by atoms with van der Waals surface area (Å²) in [6.45, 7) is 6.86. The summed E-state index contributed by atoms with van der Waals surface area (Å²) >= 11 is 0. The zero-order valence-corrected chi connectivity index (χ0v) is 8.09. The van der Waals surface area contributed by atoms with Crippen LogP contribution in [0.2, 0.25) is 0 Å². The van der Waals surface area contributed by atoms with Gasteiger partial charge in [0.05, 0.1) is 5.41 Å². The molecule has 2 saturated carbocycles. The molecule has 2 rings (SSSR count). The molecule has 2 aliphatic carbocycles. The molecule has 0 saturated heterocycles. The van der Waals surface area contributed by atoms with Gasteiger partial charge in [-0.05, 0) is 31.1 Å². The van der Waals surface area contributed by atoms with E-state index in [0.29, 0.717) is 5.41 Å². The lowest BCUT2D eigenvalue weighted by Gasteiger charge is -2.30. The second kappa shape index (κ2) is 2.00. The maximum atomic E-state index is 8.87. The first-order valence-corrected chi connectivity index (χ1v) is 4.74. The van der Waals surface area contributed by atoms with Crippen molar-refractivity contribution in [3.63, 3.8) is 0 Å². The average molecular weight is 164 g/mol. The number of hydrogen-bond acceptors (Lipinski definition) is 0. The quantitative estimate of drug-likeness (QED) is 0.389. The first-order chi connectivity index (χ1) is 5.52. The van der Waals surface area contributed by atoms with Gasteiger partial charge in [0.2, 0.25) is 0 Å². The number of fused-ring (bicyclic) bond motifs is 2. The van der Waals surface area contributed by atoms with Gasteiger partial charge in [0.25, 0.3) is 5.71 Å². The van der Waals surface area contributed by atoms with Gasteiger partial charge in [-0.25, -0.2) is 0 Å². The van der Waals surface area contributed by atoms with Crippen LogP contribution in [0.15, 0.2) is 0 Å². The molecule has 0 heterocycles. The van der Waals surface area contributed by atoms with Crippen LogP contribution in [0.5, 0.6) is 0 Å². The lowest BCUT2D eigenvalue weighted by molar-refractivity contribution is -0.0248. The van der Waals surface area contributed by atoms with Crippen molar-refractivity contribution in [2.75, 3.05) is 0 Å². The lowest BCUT2D eigenvalue weighted by Crippen LogP contribution is -2.32. The molecule has 2 aliphatic rings. The Morgan fingerprint density at radius 1 is 1.42 bits per heavy atom. The van der Waals surface area contributed by atoms with E-state index in [1.165, 1.54) is 12.8 Å². The van der Waals surface area contributed by atoms with Crippen LogP contribution in [0.1, 0.15) is 40.0 Å². The van der Waals surface area contributed by atoms with Crippen molar-refractivity contribution in [3.05, 3.63) is 5.53 Å². The third kappa shape index (κ3) is 0.628. The molecule has 0 aromatic rings. The molecule has 0 aliphatic heterocycles. The molecule has 1 unspecified atom stereocenters. The standard InChI is InChI=1S/C10H16N2/c1-9(2)7-4-5-10(9,3)8(6-7)12-11/h7H,4-6H2,1-3H3/t7?,10-/m0/s1. The molecular weight excluding hydrogens is 148 g/mol. The fourth-order valence-electron chi connectivity index (χ4n) is 3.08. The summed E-state index contributed by atoms with van der Waals surface area (Å²) in [7, 11) is 0. The Morgan fingerprint density at radius 2 is 2.08 bits per heavy atom. The normalized spacial score (nSPS) is 43.2.